The van der Waals surface area contributed by atoms with E-state index >= 15 is 0 Å². The third kappa shape index (κ3) is 4.46. The number of nitro groups is 1. The number of nitro benzene ring substituents is 1. The standard InChI is InChI=1S/C19H22Cl2N4O2/c1-13-10-19(25(26)27)18(11-17(13)22)24-7-3-6-23(8-9-24)12-14-15(20)4-2-5-16(14)21/h2,4-5,10-11H,3,6-9,12,22H2,1H3. The summed E-state index contributed by atoms with van der Waals surface area (Å²) >= 11 is 12.6. The van der Waals surface area contributed by atoms with Crippen molar-refractivity contribution in [2.45, 2.75) is 19.9 Å². The fraction of sp³-hybridized carbons (Fsp3) is 0.368. The van der Waals surface area contributed by atoms with Gasteiger partial charge in [0.05, 0.1) is 4.92 Å². The number of nitrogens with two attached hydrogens (primary N) is 1. The van der Waals surface area contributed by atoms with Gasteiger partial charge < -0.3 is 10.6 Å². The lowest BCUT2D eigenvalue weighted by atomic mass is 10.1. The molecule has 2 N–H and O–H groups in total. The number of hydrogen-bond donors (Lipinski definition) is 1. The van der Waals surface area contributed by atoms with Crippen molar-refractivity contribution in [2.24, 2.45) is 0 Å². The van der Waals surface area contributed by atoms with Gasteiger partial charge in [-0.1, -0.05) is 29.3 Å². The van der Waals surface area contributed by atoms with Crippen LogP contribution >= 0.6 is 23.2 Å². The third-order valence-corrected chi connectivity index (χ3v) is 5.64. The monoisotopic (exact) mass is 408 g/mol. The molecule has 0 aliphatic carbocycles. The van der Waals surface area contributed by atoms with Crippen molar-refractivity contribution in [1.82, 2.24) is 4.90 Å². The normalized spacial score (nSPS) is 15.6. The number of nitrogen functional groups attached to an aromatic ring is 1. The Balaban J connectivity index is 1.78. The van der Waals surface area contributed by atoms with Crippen LogP contribution in [0.5, 0.6) is 0 Å². The van der Waals surface area contributed by atoms with E-state index in [4.69, 9.17) is 28.9 Å². The van der Waals surface area contributed by atoms with Gasteiger partial charge in [-0.2, -0.15) is 0 Å². The van der Waals surface area contributed by atoms with E-state index < -0.39 is 0 Å². The number of anilines is 2. The average molecular weight is 409 g/mol. The lowest BCUT2D eigenvalue weighted by Gasteiger charge is -2.24. The van der Waals surface area contributed by atoms with Crippen molar-refractivity contribution in [3.8, 4) is 0 Å². The Bertz CT molecular complexity index is 840. The quantitative estimate of drug-likeness (QED) is 0.457. The number of nitrogens with zero attached hydrogens (tertiary/aromatic N) is 3. The molecule has 0 spiro atoms. The predicted octanol–water partition coefficient (Wildman–Crippen LogP) is 4.50. The van der Waals surface area contributed by atoms with Crippen molar-refractivity contribution in [3.63, 3.8) is 0 Å². The Labute approximate surface area is 168 Å². The van der Waals surface area contributed by atoms with Gasteiger partial charge in [-0.25, -0.2) is 0 Å². The maximum absolute atomic E-state index is 11.5. The fourth-order valence-electron chi connectivity index (χ4n) is 3.37. The maximum atomic E-state index is 11.5. The van der Waals surface area contributed by atoms with Gasteiger partial charge in [0.25, 0.3) is 5.69 Å². The third-order valence-electron chi connectivity index (χ3n) is 4.93. The van der Waals surface area contributed by atoms with Gasteiger partial charge in [-0.15, -0.1) is 0 Å². The summed E-state index contributed by atoms with van der Waals surface area (Å²) in [6, 6.07) is 8.78. The Kier molecular flexibility index (Phi) is 6.09. The Morgan fingerprint density at radius 3 is 2.52 bits per heavy atom. The van der Waals surface area contributed by atoms with Crippen LogP contribution in [0.2, 0.25) is 10.0 Å². The van der Waals surface area contributed by atoms with Gasteiger partial charge in [-0.05, 0) is 37.1 Å². The fourth-order valence-corrected chi connectivity index (χ4v) is 3.89. The van der Waals surface area contributed by atoms with E-state index in [9.17, 15) is 10.1 Å². The summed E-state index contributed by atoms with van der Waals surface area (Å²) < 4.78 is 0. The molecule has 27 heavy (non-hydrogen) atoms. The molecule has 2 aromatic rings. The highest BCUT2D eigenvalue weighted by Crippen LogP contribution is 2.33. The first-order valence-corrected chi connectivity index (χ1v) is 9.57. The molecule has 1 aliphatic heterocycles. The SMILES string of the molecule is Cc1cc([N+](=O)[O-])c(N2CCCN(Cc3c(Cl)cccc3Cl)CC2)cc1N. The minimum atomic E-state index is -0.339. The number of hydrogen-bond acceptors (Lipinski definition) is 5. The van der Waals surface area contributed by atoms with Gasteiger partial charge in [-0.3, -0.25) is 15.0 Å². The molecule has 0 aromatic heterocycles. The molecule has 3 rings (SSSR count). The van der Waals surface area contributed by atoms with Gasteiger partial charge in [0.15, 0.2) is 0 Å². The van der Waals surface area contributed by atoms with Crippen LogP contribution in [0, 0.1) is 17.0 Å². The molecule has 144 valence electrons. The molecule has 8 heteroatoms. The van der Waals surface area contributed by atoms with Crippen LogP contribution in [-0.2, 0) is 6.54 Å². The zero-order chi connectivity index (χ0) is 19.6. The molecule has 1 heterocycles. The predicted molar refractivity (Wildman–Crippen MR) is 111 cm³/mol. The minimum absolute atomic E-state index is 0.101. The summed E-state index contributed by atoms with van der Waals surface area (Å²) in [6.45, 7) is 5.47. The molecule has 2 aromatic carbocycles. The molecule has 0 bridgehead atoms. The summed E-state index contributed by atoms with van der Waals surface area (Å²) in [4.78, 5) is 15.5. The topological polar surface area (TPSA) is 75.6 Å². The molecule has 0 radical (unpaired) electrons. The summed E-state index contributed by atoms with van der Waals surface area (Å²) in [7, 11) is 0. The first kappa shape index (κ1) is 19.7. The lowest BCUT2D eigenvalue weighted by molar-refractivity contribution is -0.384. The van der Waals surface area contributed by atoms with E-state index in [2.05, 4.69) is 4.90 Å². The number of aryl methyl sites for hydroxylation is 1. The van der Waals surface area contributed by atoms with Gasteiger partial charge in [0.1, 0.15) is 5.69 Å². The van der Waals surface area contributed by atoms with E-state index in [-0.39, 0.29) is 10.6 Å². The highest BCUT2D eigenvalue weighted by Gasteiger charge is 2.24. The van der Waals surface area contributed by atoms with Gasteiger partial charge >= 0.3 is 0 Å². The summed E-state index contributed by atoms with van der Waals surface area (Å²) in [5.74, 6) is 0. The van der Waals surface area contributed by atoms with Crippen LogP contribution in [-0.4, -0.2) is 36.0 Å². The van der Waals surface area contributed by atoms with E-state index in [1.165, 1.54) is 0 Å². The second-order valence-corrected chi connectivity index (χ2v) is 7.59. The van der Waals surface area contributed by atoms with Crippen molar-refractivity contribution in [3.05, 3.63) is 61.6 Å². The minimum Gasteiger partial charge on any atom is -0.398 e. The Morgan fingerprint density at radius 2 is 1.85 bits per heavy atom. The number of rotatable bonds is 4. The second kappa shape index (κ2) is 8.33. The van der Waals surface area contributed by atoms with E-state index in [1.54, 1.807) is 19.1 Å². The van der Waals surface area contributed by atoms with Crippen LogP contribution in [0.1, 0.15) is 17.5 Å². The van der Waals surface area contributed by atoms with Crippen LogP contribution < -0.4 is 10.6 Å². The van der Waals surface area contributed by atoms with Crippen molar-refractivity contribution in [1.29, 1.82) is 0 Å². The molecule has 1 aliphatic rings. The molecule has 0 unspecified atom stereocenters. The van der Waals surface area contributed by atoms with Crippen LogP contribution in [0.15, 0.2) is 30.3 Å². The van der Waals surface area contributed by atoms with Gasteiger partial charge in [0, 0.05) is 60.1 Å². The van der Waals surface area contributed by atoms with Gasteiger partial charge in [0.2, 0.25) is 0 Å². The lowest BCUT2D eigenvalue weighted by Crippen LogP contribution is -2.31. The smallest absolute Gasteiger partial charge is 0.292 e. The molecular formula is C19H22Cl2N4O2. The molecular weight excluding hydrogens is 387 g/mol. The van der Waals surface area contributed by atoms with Crippen molar-refractivity contribution in [2.75, 3.05) is 36.8 Å². The zero-order valence-electron chi connectivity index (χ0n) is 15.1. The Morgan fingerprint density at radius 1 is 1.15 bits per heavy atom. The first-order chi connectivity index (χ1) is 12.9. The van der Waals surface area contributed by atoms with E-state index in [0.29, 0.717) is 34.5 Å². The molecule has 1 fully saturated rings. The summed E-state index contributed by atoms with van der Waals surface area (Å²) in [5.41, 5.74) is 8.90. The average Bonchev–Trinajstić information content (AvgIpc) is 2.85. The first-order valence-electron chi connectivity index (χ1n) is 8.81. The largest absolute Gasteiger partial charge is 0.398 e. The van der Waals surface area contributed by atoms with Crippen molar-refractivity contribution < 1.29 is 4.92 Å². The maximum Gasteiger partial charge on any atom is 0.292 e. The summed E-state index contributed by atoms with van der Waals surface area (Å²) in [6.07, 6.45) is 0.882. The van der Waals surface area contributed by atoms with E-state index in [1.807, 2.05) is 23.1 Å². The molecule has 6 nitrogen and oxygen atoms in total. The molecule has 0 saturated carbocycles. The highest BCUT2D eigenvalue weighted by molar-refractivity contribution is 6.35. The zero-order valence-corrected chi connectivity index (χ0v) is 16.6. The molecule has 0 amide bonds. The number of halogens is 2. The van der Waals surface area contributed by atoms with Crippen LogP contribution in [0.4, 0.5) is 17.1 Å². The van der Waals surface area contributed by atoms with Crippen molar-refractivity contribution >= 4 is 40.3 Å². The number of benzene rings is 2. The molecule has 0 atom stereocenters. The second-order valence-electron chi connectivity index (χ2n) is 6.77. The van der Waals surface area contributed by atoms with E-state index in [0.717, 1.165) is 37.2 Å². The highest BCUT2D eigenvalue weighted by atomic mass is 35.5. The molecule has 1 saturated heterocycles. The Hall–Kier alpha value is -2.02. The van der Waals surface area contributed by atoms with Crippen LogP contribution in [0.3, 0.4) is 0 Å². The van der Waals surface area contributed by atoms with Crippen LogP contribution in [0.25, 0.3) is 0 Å². The summed E-state index contributed by atoms with van der Waals surface area (Å²) in [5, 5.41) is 12.8.